The van der Waals surface area contributed by atoms with Crippen LogP contribution in [-0.2, 0) is 11.3 Å². The van der Waals surface area contributed by atoms with Gasteiger partial charge in [0, 0.05) is 32.1 Å². The van der Waals surface area contributed by atoms with Gasteiger partial charge in [0.2, 0.25) is 0 Å². The zero-order chi connectivity index (χ0) is 17.1. The maximum atomic E-state index is 13.2. The van der Waals surface area contributed by atoms with E-state index in [-0.39, 0.29) is 18.0 Å². The molecule has 2 aliphatic heterocycles. The lowest BCUT2D eigenvalue weighted by Crippen LogP contribution is -2.50. The maximum absolute atomic E-state index is 13.2. The van der Waals surface area contributed by atoms with Crippen molar-refractivity contribution in [2.45, 2.75) is 19.1 Å². The molecule has 2 aliphatic rings. The predicted octanol–water partition coefficient (Wildman–Crippen LogP) is 1.93. The zero-order valence-electron chi connectivity index (χ0n) is 14.4. The van der Waals surface area contributed by atoms with Crippen LogP contribution in [0.5, 0.6) is 0 Å². The van der Waals surface area contributed by atoms with E-state index in [0.717, 1.165) is 38.2 Å². The molecule has 2 fully saturated rings. The first kappa shape index (κ1) is 17.2. The van der Waals surface area contributed by atoms with Gasteiger partial charge in [0.15, 0.2) is 0 Å². The van der Waals surface area contributed by atoms with E-state index in [9.17, 15) is 9.18 Å². The van der Waals surface area contributed by atoms with Gasteiger partial charge >= 0.3 is 6.03 Å². The number of likely N-dealkylation sites (tertiary alicyclic amines) is 1. The van der Waals surface area contributed by atoms with Crippen LogP contribution in [0.1, 0.15) is 12.0 Å². The molecule has 132 valence electrons. The van der Waals surface area contributed by atoms with Gasteiger partial charge in [-0.1, -0.05) is 12.1 Å². The van der Waals surface area contributed by atoms with Gasteiger partial charge in [-0.05, 0) is 44.1 Å². The minimum atomic E-state index is -0.280. The molecular formula is C18H26FN3O2. The van der Waals surface area contributed by atoms with Gasteiger partial charge < -0.3 is 19.9 Å². The fourth-order valence-corrected chi connectivity index (χ4v) is 3.70. The van der Waals surface area contributed by atoms with Crippen molar-refractivity contribution < 1.29 is 13.9 Å². The molecule has 5 nitrogen and oxygen atoms in total. The third-order valence-corrected chi connectivity index (χ3v) is 4.97. The number of carbonyl (C=O) groups is 1. The quantitative estimate of drug-likeness (QED) is 0.914. The second-order valence-corrected chi connectivity index (χ2v) is 7.08. The summed E-state index contributed by atoms with van der Waals surface area (Å²) >= 11 is 0. The van der Waals surface area contributed by atoms with Crippen LogP contribution in [0.2, 0.25) is 0 Å². The number of ether oxygens (including phenoxy) is 1. The van der Waals surface area contributed by atoms with E-state index >= 15 is 0 Å². The van der Waals surface area contributed by atoms with E-state index in [2.05, 4.69) is 10.2 Å². The summed E-state index contributed by atoms with van der Waals surface area (Å²) in [6.07, 6.45) is 1.19. The fraction of sp³-hybridized carbons (Fsp3) is 0.611. The van der Waals surface area contributed by atoms with E-state index in [1.54, 1.807) is 6.07 Å². The smallest absolute Gasteiger partial charge is 0.317 e. The van der Waals surface area contributed by atoms with Crippen LogP contribution in [0.25, 0.3) is 0 Å². The van der Waals surface area contributed by atoms with Crippen LogP contribution in [0, 0.1) is 17.7 Å². The van der Waals surface area contributed by atoms with Gasteiger partial charge in [0.05, 0.1) is 12.7 Å². The number of carbonyl (C=O) groups excluding carboxylic acids is 1. The number of nitrogens with zero attached hydrogens (tertiary/aromatic N) is 2. The number of rotatable bonds is 4. The van der Waals surface area contributed by atoms with Crippen molar-refractivity contribution in [3.05, 3.63) is 35.6 Å². The molecule has 0 unspecified atom stereocenters. The summed E-state index contributed by atoms with van der Waals surface area (Å²) < 4.78 is 19.1. The van der Waals surface area contributed by atoms with Crippen molar-refractivity contribution in [1.82, 2.24) is 15.1 Å². The maximum Gasteiger partial charge on any atom is 0.317 e. The van der Waals surface area contributed by atoms with Crippen LogP contribution >= 0.6 is 0 Å². The monoisotopic (exact) mass is 335 g/mol. The summed E-state index contributed by atoms with van der Waals surface area (Å²) in [5, 5.41) is 2.90. The predicted molar refractivity (Wildman–Crippen MR) is 90.1 cm³/mol. The average Bonchev–Trinajstić information content (AvgIpc) is 2.94. The molecule has 1 N–H and O–H groups in total. The van der Waals surface area contributed by atoms with Gasteiger partial charge in [-0.15, -0.1) is 0 Å². The van der Waals surface area contributed by atoms with Crippen molar-refractivity contribution >= 4 is 6.03 Å². The summed E-state index contributed by atoms with van der Waals surface area (Å²) in [6.45, 7) is 3.53. The second-order valence-electron chi connectivity index (χ2n) is 7.08. The van der Waals surface area contributed by atoms with Crippen LogP contribution in [0.4, 0.5) is 9.18 Å². The first-order valence-corrected chi connectivity index (χ1v) is 8.56. The van der Waals surface area contributed by atoms with Gasteiger partial charge in [0.25, 0.3) is 0 Å². The number of urea groups is 1. The van der Waals surface area contributed by atoms with Crippen molar-refractivity contribution in [3.8, 4) is 0 Å². The standard InChI is InChI=1S/C18H26FN3O2/c1-21(2)11-17-16-10-22(7-6-14(16)12-24-17)18(23)20-9-13-4-3-5-15(19)8-13/h3-5,8,14,16-17H,6-7,9-12H2,1-2H3,(H,20,23)/t14-,16-,17+/m0/s1. The van der Waals surface area contributed by atoms with Gasteiger partial charge in [-0.2, -0.15) is 0 Å². The van der Waals surface area contributed by atoms with Gasteiger partial charge in [0.1, 0.15) is 5.82 Å². The lowest BCUT2D eigenvalue weighted by Gasteiger charge is -2.36. The number of hydrogen-bond acceptors (Lipinski definition) is 3. The molecule has 6 heteroatoms. The van der Waals surface area contributed by atoms with E-state index in [0.29, 0.717) is 18.4 Å². The normalized spacial score (nSPS) is 26.5. The summed E-state index contributed by atoms with van der Waals surface area (Å²) in [5.74, 6) is 0.681. The third kappa shape index (κ3) is 4.05. The molecule has 3 atom stereocenters. The van der Waals surface area contributed by atoms with E-state index in [1.165, 1.54) is 12.1 Å². The van der Waals surface area contributed by atoms with Crippen molar-refractivity contribution in [3.63, 3.8) is 0 Å². The molecule has 0 spiro atoms. The Morgan fingerprint density at radius 2 is 2.29 bits per heavy atom. The second kappa shape index (κ2) is 7.49. The summed E-state index contributed by atoms with van der Waals surface area (Å²) in [7, 11) is 4.09. The third-order valence-electron chi connectivity index (χ3n) is 4.97. The number of nitrogens with one attached hydrogen (secondary N) is 1. The molecule has 1 aromatic carbocycles. The molecule has 0 aromatic heterocycles. The Balaban J connectivity index is 1.54. The Morgan fingerprint density at radius 3 is 3.04 bits per heavy atom. The molecule has 1 aromatic rings. The van der Waals surface area contributed by atoms with Crippen molar-refractivity contribution in [1.29, 1.82) is 0 Å². The SMILES string of the molecule is CN(C)C[C@H]1OC[C@@H]2CCN(C(=O)NCc3cccc(F)c3)C[C@@H]21. The highest BCUT2D eigenvalue weighted by atomic mass is 19.1. The molecule has 2 saturated heterocycles. The number of fused-ring (bicyclic) bond motifs is 1. The molecule has 0 aliphatic carbocycles. The van der Waals surface area contributed by atoms with E-state index in [4.69, 9.17) is 4.74 Å². The number of piperidine rings is 1. The van der Waals surface area contributed by atoms with Crippen molar-refractivity contribution in [2.24, 2.45) is 11.8 Å². The highest BCUT2D eigenvalue weighted by molar-refractivity contribution is 5.74. The first-order chi connectivity index (χ1) is 11.5. The number of hydrogen-bond donors (Lipinski definition) is 1. The first-order valence-electron chi connectivity index (χ1n) is 8.56. The highest BCUT2D eigenvalue weighted by Crippen LogP contribution is 2.34. The largest absolute Gasteiger partial charge is 0.376 e. The Kier molecular flexibility index (Phi) is 5.36. The summed E-state index contributed by atoms with van der Waals surface area (Å²) in [6, 6.07) is 6.25. The Labute approximate surface area is 142 Å². The molecule has 24 heavy (non-hydrogen) atoms. The van der Waals surface area contributed by atoms with Crippen LogP contribution in [0.15, 0.2) is 24.3 Å². The molecule has 0 saturated carbocycles. The molecule has 0 radical (unpaired) electrons. The Morgan fingerprint density at radius 1 is 1.46 bits per heavy atom. The number of halogens is 1. The Hall–Kier alpha value is -1.66. The van der Waals surface area contributed by atoms with E-state index in [1.807, 2.05) is 25.1 Å². The molecule has 3 rings (SSSR count). The number of benzene rings is 1. The van der Waals surface area contributed by atoms with Gasteiger partial charge in [-0.25, -0.2) is 9.18 Å². The zero-order valence-corrected chi connectivity index (χ0v) is 14.4. The molecule has 2 amide bonds. The molecule has 0 bridgehead atoms. The van der Waals surface area contributed by atoms with E-state index < -0.39 is 0 Å². The fourth-order valence-electron chi connectivity index (χ4n) is 3.70. The summed E-state index contributed by atoms with van der Waals surface area (Å²) in [4.78, 5) is 16.5. The minimum absolute atomic E-state index is 0.0757. The topological polar surface area (TPSA) is 44.8 Å². The van der Waals surface area contributed by atoms with Crippen LogP contribution < -0.4 is 5.32 Å². The molecular weight excluding hydrogens is 309 g/mol. The minimum Gasteiger partial charge on any atom is -0.376 e. The van der Waals surface area contributed by atoms with Crippen LogP contribution in [0.3, 0.4) is 0 Å². The number of amides is 2. The molecule has 2 heterocycles. The van der Waals surface area contributed by atoms with Gasteiger partial charge in [-0.3, -0.25) is 0 Å². The number of likely N-dealkylation sites (N-methyl/N-ethyl adjacent to an activating group) is 1. The average molecular weight is 335 g/mol. The lowest BCUT2D eigenvalue weighted by atomic mass is 9.84. The highest BCUT2D eigenvalue weighted by Gasteiger charge is 2.41. The van der Waals surface area contributed by atoms with Crippen LogP contribution in [-0.4, -0.2) is 62.3 Å². The Bertz CT molecular complexity index is 581. The lowest BCUT2D eigenvalue weighted by molar-refractivity contribution is 0.0599. The van der Waals surface area contributed by atoms with Crippen molar-refractivity contribution in [2.75, 3.05) is 40.3 Å². The summed E-state index contributed by atoms with van der Waals surface area (Å²) in [5.41, 5.74) is 0.771.